The molecule has 3 aromatic carbocycles. The second-order valence-corrected chi connectivity index (χ2v) is 8.20. The number of benzene rings is 3. The van der Waals surface area contributed by atoms with Crippen molar-refractivity contribution in [3.05, 3.63) is 107 Å². The van der Waals surface area contributed by atoms with E-state index in [9.17, 15) is 14.0 Å². The van der Waals surface area contributed by atoms with Crippen molar-refractivity contribution >= 4 is 22.8 Å². The molecular weight excluding hydrogens is 419 g/mol. The van der Waals surface area contributed by atoms with Gasteiger partial charge in [-0.1, -0.05) is 36.4 Å². The Morgan fingerprint density at radius 3 is 2.52 bits per heavy atom. The van der Waals surface area contributed by atoms with Gasteiger partial charge in [-0.05, 0) is 53.9 Å². The molecule has 1 aliphatic heterocycles. The molecule has 166 valence electrons. The first-order valence-electron chi connectivity index (χ1n) is 10.9. The van der Waals surface area contributed by atoms with Gasteiger partial charge in [0.25, 0.3) is 5.91 Å². The second-order valence-electron chi connectivity index (χ2n) is 8.20. The molecule has 2 heterocycles. The number of amides is 1. The normalized spacial score (nSPS) is 13.1. The van der Waals surface area contributed by atoms with E-state index in [-0.39, 0.29) is 11.9 Å². The van der Waals surface area contributed by atoms with E-state index in [1.807, 2.05) is 24.3 Å². The third-order valence-electron chi connectivity index (χ3n) is 6.24. The van der Waals surface area contributed by atoms with E-state index in [4.69, 9.17) is 4.74 Å². The number of methoxy groups -OCH3 is 1. The molecule has 1 aromatic heterocycles. The molecule has 0 spiro atoms. The van der Waals surface area contributed by atoms with Crippen molar-refractivity contribution in [2.75, 3.05) is 13.7 Å². The molecule has 0 bridgehead atoms. The third kappa shape index (κ3) is 3.89. The number of carbonyl (C=O) groups excluding carboxylic acids is 2. The van der Waals surface area contributed by atoms with Crippen LogP contribution in [0.5, 0.6) is 0 Å². The molecule has 33 heavy (non-hydrogen) atoms. The standard InChI is InChI=1S/C27H23FN2O3/c1-33-27(32)19-11-9-18(10-12-19)16-30-24-8-3-2-7-22(24)23-13-14-29(17-25(23)30)26(31)20-5-4-6-21(28)15-20/h2-12,15H,13-14,16-17H2,1H3. The van der Waals surface area contributed by atoms with Gasteiger partial charge < -0.3 is 14.2 Å². The topological polar surface area (TPSA) is 51.5 Å². The number of rotatable bonds is 4. The number of para-hydroxylation sites is 1. The summed E-state index contributed by atoms with van der Waals surface area (Å²) in [6, 6.07) is 21.5. The van der Waals surface area contributed by atoms with E-state index >= 15 is 0 Å². The van der Waals surface area contributed by atoms with E-state index in [2.05, 4.69) is 16.7 Å². The van der Waals surface area contributed by atoms with E-state index < -0.39 is 5.82 Å². The highest BCUT2D eigenvalue weighted by Crippen LogP contribution is 2.32. The number of hydrogen-bond acceptors (Lipinski definition) is 3. The molecule has 4 aromatic rings. The summed E-state index contributed by atoms with van der Waals surface area (Å²) in [6.45, 7) is 1.66. The summed E-state index contributed by atoms with van der Waals surface area (Å²) in [5.74, 6) is -0.945. The number of aromatic nitrogens is 1. The van der Waals surface area contributed by atoms with Crippen LogP contribution in [0.15, 0.2) is 72.8 Å². The number of halogens is 1. The minimum atomic E-state index is -0.414. The number of fused-ring (bicyclic) bond motifs is 3. The zero-order valence-corrected chi connectivity index (χ0v) is 18.3. The van der Waals surface area contributed by atoms with Gasteiger partial charge >= 0.3 is 5.97 Å². The van der Waals surface area contributed by atoms with Crippen LogP contribution in [0.1, 0.15) is 37.5 Å². The molecule has 5 nitrogen and oxygen atoms in total. The van der Waals surface area contributed by atoms with Crippen molar-refractivity contribution in [1.29, 1.82) is 0 Å². The minimum absolute atomic E-state index is 0.167. The Balaban J connectivity index is 1.50. The van der Waals surface area contributed by atoms with Crippen LogP contribution in [0.2, 0.25) is 0 Å². The van der Waals surface area contributed by atoms with Crippen LogP contribution < -0.4 is 0 Å². The smallest absolute Gasteiger partial charge is 0.337 e. The van der Waals surface area contributed by atoms with Crippen LogP contribution in [0.25, 0.3) is 10.9 Å². The van der Waals surface area contributed by atoms with Gasteiger partial charge in [0.2, 0.25) is 0 Å². The monoisotopic (exact) mass is 442 g/mol. The highest BCUT2D eigenvalue weighted by atomic mass is 19.1. The molecular formula is C27H23FN2O3. The number of nitrogens with zero attached hydrogens (tertiary/aromatic N) is 2. The molecule has 0 aliphatic carbocycles. The molecule has 1 amide bonds. The number of ether oxygens (including phenoxy) is 1. The summed E-state index contributed by atoms with van der Waals surface area (Å²) in [4.78, 5) is 26.6. The zero-order chi connectivity index (χ0) is 22.9. The first-order chi connectivity index (χ1) is 16.0. The van der Waals surface area contributed by atoms with Crippen LogP contribution >= 0.6 is 0 Å². The van der Waals surface area contributed by atoms with E-state index in [0.29, 0.717) is 30.8 Å². The van der Waals surface area contributed by atoms with Gasteiger partial charge in [0.15, 0.2) is 0 Å². The van der Waals surface area contributed by atoms with Gasteiger partial charge in [-0.25, -0.2) is 9.18 Å². The summed E-state index contributed by atoms with van der Waals surface area (Å²) < 4.78 is 20.7. The predicted molar refractivity (Wildman–Crippen MR) is 124 cm³/mol. The average molecular weight is 442 g/mol. The Labute approximate surface area is 191 Å². The van der Waals surface area contributed by atoms with Gasteiger partial charge in [-0.2, -0.15) is 0 Å². The third-order valence-corrected chi connectivity index (χ3v) is 6.24. The summed E-state index contributed by atoms with van der Waals surface area (Å²) in [6.07, 6.45) is 0.741. The molecule has 0 saturated carbocycles. The maximum Gasteiger partial charge on any atom is 0.337 e. The van der Waals surface area contributed by atoms with Crippen molar-refractivity contribution in [1.82, 2.24) is 9.47 Å². The minimum Gasteiger partial charge on any atom is -0.465 e. The molecule has 0 unspecified atom stereocenters. The molecule has 0 radical (unpaired) electrons. The summed E-state index contributed by atoms with van der Waals surface area (Å²) >= 11 is 0. The van der Waals surface area contributed by atoms with Gasteiger partial charge in [-0.3, -0.25) is 4.79 Å². The highest BCUT2D eigenvalue weighted by Gasteiger charge is 2.27. The summed E-state index contributed by atoms with van der Waals surface area (Å²) in [5.41, 5.74) is 5.36. The van der Waals surface area contributed by atoms with E-state index in [0.717, 1.165) is 23.2 Å². The van der Waals surface area contributed by atoms with E-state index in [1.165, 1.54) is 30.2 Å². The van der Waals surface area contributed by atoms with Gasteiger partial charge in [-0.15, -0.1) is 0 Å². The lowest BCUT2D eigenvalue weighted by Crippen LogP contribution is -2.36. The van der Waals surface area contributed by atoms with Gasteiger partial charge in [0.1, 0.15) is 5.82 Å². The van der Waals surface area contributed by atoms with Crippen molar-refractivity contribution < 1.29 is 18.7 Å². The number of hydrogen-bond donors (Lipinski definition) is 0. The number of esters is 1. The lowest BCUT2D eigenvalue weighted by molar-refractivity contribution is 0.0600. The van der Waals surface area contributed by atoms with Crippen LogP contribution in [0.3, 0.4) is 0 Å². The van der Waals surface area contributed by atoms with Gasteiger partial charge in [0.05, 0.1) is 19.2 Å². The Bertz CT molecular complexity index is 1360. The molecule has 5 rings (SSSR count). The Kier molecular flexibility index (Phi) is 5.42. The Hall–Kier alpha value is -3.93. The van der Waals surface area contributed by atoms with Crippen molar-refractivity contribution in [2.45, 2.75) is 19.5 Å². The molecule has 0 N–H and O–H groups in total. The zero-order valence-electron chi connectivity index (χ0n) is 18.3. The first-order valence-corrected chi connectivity index (χ1v) is 10.9. The molecule has 0 fully saturated rings. The van der Waals surface area contributed by atoms with Crippen LogP contribution in [0.4, 0.5) is 4.39 Å². The van der Waals surface area contributed by atoms with Crippen LogP contribution in [-0.4, -0.2) is 35.0 Å². The predicted octanol–water partition coefficient (Wildman–Crippen LogP) is 4.81. The number of carbonyl (C=O) groups is 2. The molecule has 1 aliphatic rings. The van der Waals surface area contributed by atoms with Crippen molar-refractivity contribution in [3.63, 3.8) is 0 Å². The van der Waals surface area contributed by atoms with Crippen molar-refractivity contribution in [2.24, 2.45) is 0 Å². The largest absolute Gasteiger partial charge is 0.465 e. The molecule has 0 atom stereocenters. The molecule has 6 heteroatoms. The van der Waals surface area contributed by atoms with Crippen molar-refractivity contribution in [3.8, 4) is 0 Å². The Morgan fingerprint density at radius 2 is 1.76 bits per heavy atom. The fourth-order valence-corrected chi connectivity index (χ4v) is 4.60. The average Bonchev–Trinajstić information content (AvgIpc) is 3.16. The summed E-state index contributed by atoms with van der Waals surface area (Å²) in [7, 11) is 1.37. The lowest BCUT2D eigenvalue weighted by Gasteiger charge is -2.29. The van der Waals surface area contributed by atoms with E-state index in [1.54, 1.807) is 29.2 Å². The Morgan fingerprint density at radius 1 is 0.970 bits per heavy atom. The molecule has 0 saturated heterocycles. The van der Waals surface area contributed by atoms with Crippen LogP contribution in [-0.2, 0) is 24.2 Å². The first kappa shape index (κ1) is 20.9. The van der Waals surface area contributed by atoms with Gasteiger partial charge in [0, 0.05) is 35.2 Å². The second kappa shape index (κ2) is 8.54. The maximum atomic E-state index is 13.7. The van der Waals surface area contributed by atoms with Crippen LogP contribution in [0, 0.1) is 5.82 Å². The fraction of sp³-hybridized carbons (Fsp3) is 0.185. The highest BCUT2D eigenvalue weighted by molar-refractivity contribution is 5.95. The summed E-state index contributed by atoms with van der Waals surface area (Å²) in [5, 5.41) is 1.19. The fourth-order valence-electron chi connectivity index (χ4n) is 4.60. The SMILES string of the molecule is COC(=O)c1ccc(Cn2c3c(c4ccccc42)CCN(C(=O)c2cccc(F)c2)C3)cc1. The quantitative estimate of drug-likeness (QED) is 0.426. The maximum absolute atomic E-state index is 13.7. The lowest BCUT2D eigenvalue weighted by atomic mass is 10.0.